The summed E-state index contributed by atoms with van der Waals surface area (Å²) in [6.07, 6.45) is 0. The van der Waals surface area contributed by atoms with Gasteiger partial charge in [0.15, 0.2) is 11.5 Å². The van der Waals surface area contributed by atoms with Gasteiger partial charge in [-0.05, 0) is 24.3 Å². The number of ether oxygens (including phenoxy) is 2. The average Bonchev–Trinajstić information content (AvgIpc) is 2.96. The van der Waals surface area contributed by atoms with Crippen LogP contribution in [0.3, 0.4) is 0 Å². The maximum atomic E-state index is 11.8. The molecular weight excluding hydrogens is 270 g/mol. The molecule has 0 unspecified atom stereocenters. The van der Waals surface area contributed by atoms with Crippen molar-refractivity contribution < 1.29 is 14.3 Å². The van der Waals surface area contributed by atoms with Crippen molar-refractivity contribution in [3.05, 3.63) is 60.0 Å². The van der Waals surface area contributed by atoms with Crippen LogP contribution in [0.15, 0.2) is 48.5 Å². The predicted octanol–water partition coefficient (Wildman–Crippen LogP) is 2.09. The van der Waals surface area contributed by atoms with Gasteiger partial charge in [-0.25, -0.2) is 4.79 Å². The third-order valence-corrected chi connectivity index (χ3v) is 3.00. The second-order valence-electron chi connectivity index (χ2n) is 4.31. The van der Waals surface area contributed by atoms with E-state index in [1.807, 2.05) is 30.3 Å². The van der Waals surface area contributed by atoms with Gasteiger partial charge in [-0.15, -0.1) is 10.2 Å². The van der Waals surface area contributed by atoms with Gasteiger partial charge < -0.3 is 9.47 Å². The Labute approximate surface area is 120 Å². The molecule has 2 heterocycles. The number of rotatable bonds is 4. The first kappa shape index (κ1) is 13.1. The molecule has 0 bridgehead atoms. The molecule has 2 aromatic heterocycles. The summed E-state index contributed by atoms with van der Waals surface area (Å²) in [5, 5.41) is 8.10. The fourth-order valence-corrected chi connectivity index (χ4v) is 2.02. The van der Waals surface area contributed by atoms with Gasteiger partial charge >= 0.3 is 5.97 Å². The van der Waals surface area contributed by atoms with Crippen molar-refractivity contribution >= 4 is 11.6 Å². The van der Waals surface area contributed by atoms with E-state index < -0.39 is 5.97 Å². The van der Waals surface area contributed by atoms with Crippen molar-refractivity contribution in [1.29, 1.82) is 0 Å². The monoisotopic (exact) mass is 283 g/mol. The first-order valence-corrected chi connectivity index (χ1v) is 6.39. The number of benzene rings is 1. The van der Waals surface area contributed by atoms with E-state index in [0.717, 1.165) is 5.75 Å². The van der Waals surface area contributed by atoms with Crippen molar-refractivity contribution in [2.45, 2.75) is 6.61 Å². The van der Waals surface area contributed by atoms with Crippen LogP contribution in [0.1, 0.15) is 16.3 Å². The Morgan fingerprint density at radius 1 is 1.10 bits per heavy atom. The van der Waals surface area contributed by atoms with Crippen LogP contribution in [0.4, 0.5) is 0 Å². The molecule has 3 rings (SSSR count). The maximum Gasteiger partial charge on any atom is 0.355 e. The lowest BCUT2D eigenvalue weighted by molar-refractivity contribution is 0.0591. The van der Waals surface area contributed by atoms with Gasteiger partial charge in [0.05, 0.1) is 7.11 Å². The van der Waals surface area contributed by atoms with Crippen LogP contribution >= 0.6 is 0 Å². The van der Waals surface area contributed by atoms with Gasteiger partial charge in [-0.2, -0.15) is 0 Å². The van der Waals surface area contributed by atoms with Crippen molar-refractivity contribution in [2.75, 3.05) is 7.11 Å². The number of aromatic nitrogens is 3. The number of para-hydroxylation sites is 1. The molecule has 3 aromatic rings. The van der Waals surface area contributed by atoms with Crippen LogP contribution in [0.25, 0.3) is 5.65 Å². The second kappa shape index (κ2) is 5.62. The summed E-state index contributed by atoms with van der Waals surface area (Å²) < 4.78 is 12.1. The van der Waals surface area contributed by atoms with E-state index in [0.29, 0.717) is 17.2 Å². The quantitative estimate of drug-likeness (QED) is 0.686. The standard InChI is InChI=1S/C15H13N3O3/c1-20-15(19)12-8-5-9-13-16-17-14(18(12)13)10-21-11-6-3-2-4-7-11/h2-9H,10H2,1H3. The highest BCUT2D eigenvalue weighted by molar-refractivity contribution is 5.88. The molecule has 0 N–H and O–H groups in total. The highest BCUT2D eigenvalue weighted by Gasteiger charge is 2.15. The van der Waals surface area contributed by atoms with Crippen LogP contribution in [0.5, 0.6) is 5.75 Å². The molecule has 6 heteroatoms. The summed E-state index contributed by atoms with van der Waals surface area (Å²) in [6.45, 7) is 0.208. The minimum Gasteiger partial charge on any atom is -0.486 e. The number of esters is 1. The maximum absolute atomic E-state index is 11.8. The third kappa shape index (κ3) is 2.55. The topological polar surface area (TPSA) is 65.7 Å². The van der Waals surface area contributed by atoms with E-state index in [-0.39, 0.29) is 6.61 Å². The molecular formula is C15H13N3O3. The molecule has 0 atom stereocenters. The zero-order valence-corrected chi connectivity index (χ0v) is 11.4. The van der Waals surface area contributed by atoms with Crippen molar-refractivity contribution in [3.8, 4) is 5.75 Å². The SMILES string of the molecule is COC(=O)c1cccc2nnc(COc3ccccc3)n12. The van der Waals surface area contributed by atoms with Crippen LogP contribution in [0.2, 0.25) is 0 Å². The number of nitrogens with zero attached hydrogens (tertiary/aromatic N) is 3. The van der Waals surface area contributed by atoms with Gasteiger partial charge in [0, 0.05) is 0 Å². The first-order chi connectivity index (χ1) is 10.3. The van der Waals surface area contributed by atoms with E-state index in [4.69, 9.17) is 9.47 Å². The van der Waals surface area contributed by atoms with Crippen molar-refractivity contribution in [3.63, 3.8) is 0 Å². The van der Waals surface area contributed by atoms with Gasteiger partial charge in [-0.1, -0.05) is 24.3 Å². The molecule has 0 fully saturated rings. The zero-order chi connectivity index (χ0) is 14.7. The van der Waals surface area contributed by atoms with E-state index in [2.05, 4.69) is 10.2 Å². The molecule has 0 saturated carbocycles. The molecule has 0 aliphatic heterocycles. The Hall–Kier alpha value is -2.89. The van der Waals surface area contributed by atoms with Crippen molar-refractivity contribution in [2.24, 2.45) is 0 Å². The Morgan fingerprint density at radius 3 is 2.67 bits per heavy atom. The molecule has 106 valence electrons. The lowest BCUT2D eigenvalue weighted by atomic mass is 10.3. The van der Waals surface area contributed by atoms with E-state index in [1.165, 1.54) is 7.11 Å². The average molecular weight is 283 g/mol. The summed E-state index contributed by atoms with van der Waals surface area (Å²) in [4.78, 5) is 11.8. The summed E-state index contributed by atoms with van der Waals surface area (Å²) in [7, 11) is 1.34. The number of methoxy groups -OCH3 is 1. The highest BCUT2D eigenvalue weighted by Crippen LogP contribution is 2.14. The van der Waals surface area contributed by atoms with Crippen LogP contribution < -0.4 is 4.74 Å². The number of pyridine rings is 1. The fraction of sp³-hybridized carbons (Fsp3) is 0.133. The minimum absolute atomic E-state index is 0.208. The number of carbonyl (C=O) groups excluding carboxylic acids is 1. The molecule has 21 heavy (non-hydrogen) atoms. The molecule has 0 aliphatic carbocycles. The molecule has 0 spiro atoms. The third-order valence-electron chi connectivity index (χ3n) is 3.00. The van der Waals surface area contributed by atoms with Crippen LogP contribution in [0, 0.1) is 0 Å². The summed E-state index contributed by atoms with van der Waals surface area (Å²) in [5.74, 6) is 0.820. The van der Waals surface area contributed by atoms with E-state index in [1.54, 1.807) is 22.6 Å². The molecule has 6 nitrogen and oxygen atoms in total. The molecule has 1 aromatic carbocycles. The van der Waals surface area contributed by atoms with Gasteiger partial charge in [0.1, 0.15) is 18.1 Å². The molecule has 0 radical (unpaired) electrons. The smallest absolute Gasteiger partial charge is 0.355 e. The van der Waals surface area contributed by atoms with Crippen LogP contribution in [-0.4, -0.2) is 27.7 Å². The number of hydrogen-bond donors (Lipinski definition) is 0. The van der Waals surface area contributed by atoms with Crippen molar-refractivity contribution in [1.82, 2.24) is 14.6 Å². The fourth-order valence-electron chi connectivity index (χ4n) is 2.02. The normalized spacial score (nSPS) is 10.5. The lowest BCUT2D eigenvalue weighted by Crippen LogP contribution is -2.11. The van der Waals surface area contributed by atoms with Gasteiger partial charge in [0.2, 0.25) is 0 Å². The Bertz CT molecular complexity index is 768. The lowest BCUT2D eigenvalue weighted by Gasteiger charge is -2.07. The summed E-state index contributed by atoms with van der Waals surface area (Å²) in [6, 6.07) is 14.6. The second-order valence-corrected chi connectivity index (χ2v) is 4.31. The summed E-state index contributed by atoms with van der Waals surface area (Å²) in [5.41, 5.74) is 0.941. The highest BCUT2D eigenvalue weighted by atomic mass is 16.5. The Balaban J connectivity index is 1.94. The predicted molar refractivity (Wildman–Crippen MR) is 75.1 cm³/mol. The first-order valence-electron chi connectivity index (χ1n) is 6.39. The van der Waals surface area contributed by atoms with E-state index in [9.17, 15) is 4.79 Å². The largest absolute Gasteiger partial charge is 0.486 e. The molecule has 0 saturated heterocycles. The van der Waals surface area contributed by atoms with Crippen LogP contribution in [-0.2, 0) is 11.3 Å². The molecule has 0 amide bonds. The number of fused-ring (bicyclic) bond motifs is 1. The number of carbonyl (C=O) groups is 1. The number of hydrogen-bond acceptors (Lipinski definition) is 5. The van der Waals surface area contributed by atoms with Gasteiger partial charge in [-0.3, -0.25) is 4.40 Å². The zero-order valence-electron chi connectivity index (χ0n) is 11.4. The Morgan fingerprint density at radius 2 is 1.90 bits per heavy atom. The van der Waals surface area contributed by atoms with E-state index >= 15 is 0 Å². The summed E-state index contributed by atoms with van der Waals surface area (Å²) >= 11 is 0. The van der Waals surface area contributed by atoms with Gasteiger partial charge in [0.25, 0.3) is 0 Å². The minimum atomic E-state index is -0.443. The molecule has 0 aliphatic rings. The Kier molecular flexibility index (Phi) is 3.51.